The average Bonchev–Trinajstić information content (AvgIpc) is 2.84. The van der Waals surface area contributed by atoms with Crippen LogP contribution in [0.15, 0.2) is 30.3 Å². The van der Waals surface area contributed by atoms with Crippen molar-refractivity contribution in [2.45, 2.75) is 13.0 Å². The highest BCUT2D eigenvalue weighted by Gasteiger charge is 2.20. The normalized spacial score (nSPS) is 15.3. The highest BCUT2D eigenvalue weighted by molar-refractivity contribution is 5.85. The Bertz CT molecular complexity index is 824. The van der Waals surface area contributed by atoms with Crippen molar-refractivity contribution in [2.24, 2.45) is 0 Å². The number of hydrogen-bond donors (Lipinski definition) is 2. The summed E-state index contributed by atoms with van der Waals surface area (Å²) in [6.07, 6.45) is 1.01. The molecule has 0 amide bonds. The molecule has 0 unspecified atom stereocenters. The number of phenols is 1. The Balaban J connectivity index is 1.89. The van der Waals surface area contributed by atoms with Gasteiger partial charge in [-0.3, -0.25) is 0 Å². The van der Waals surface area contributed by atoms with Gasteiger partial charge in [-0.1, -0.05) is 12.1 Å². The molecular formula is C16H16N4O. The number of nitrogens with one attached hydrogen (secondary N) is 1. The van der Waals surface area contributed by atoms with E-state index < -0.39 is 0 Å². The van der Waals surface area contributed by atoms with Gasteiger partial charge in [-0.2, -0.15) is 0 Å². The van der Waals surface area contributed by atoms with Crippen molar-refractivity contribution in [1.82, 2.24) is 20.1 Å². The smallest absolute Gasteiger partial charge is 0.160 e. The first-order chi connectivity index (χ1) is 10.2. The van der Waals surface area contributed by atoms with Gasteiger partial charge in [0.2, 0.25) is 0 Å². The lowest BCUT2D eigenvalue weighted by molar-refractivity contribution is 0.310. The van der Waals surface area contributed by atoms with E-state index in [1.807, 2.05) is 18.2 Å². The summed E-state index contributed by atoms with van der Waals surface area (Å²) in [5, 5.41) is 19.6. The molecule has 2 aromatic heterocycles. The van der Waals surface area contributed by atoms with Crippen LogP contribution < -0.4 is 0 Å². The van der Waals surface area contributed by atoms with Crippen molar-refractivity contribution in [1.29, 1.82) is 0 Å². The number of aromatic amines is 1. The van der Waals surface area contributed by atoms with Crippen molar-refractivity contribution < 1.29 is 5.11 Å². The van der Waals surface area contributed by atoms with Crippen LogP contribution in [0.3, 0.4) is 0 Å². The van der Waals surface area contributed by atoms with Crippen LogP contribution in [-0.2, 0) is 13.0 Å². The third-order valence-electron chi connectivity index (χ3n) is 4.10. The molecule has 0 fully saturated rings. The van der Waals surface area contributed by atoms with Gasteiger partial charge < -0.3 is 15.0 Å². The zero-order valence-corrected chi connectivity index (χ0v) is 11.8. The lowest BCUT2D eigenvalue weighted by Gasteiger charge is -2.22. The van der Waals surface area contributed by atoms with Gasteiger partial charge in [0.15, 0.2) is 5.65 Å². The number of likely N-dealkylation sites (N-methyl/N-ethyl adjacent to an activating group) is 1. The summed E-state index contributed by atoms with van der Waals surface area (Å²) in [6, 6.07) is 9.25. The quantitative estimate of drug-likeness (QED) is 0.718. The van der Waals surface area contributed by atoms with Crippen molar-refractivity contribution in [3.05, 3.63) is 41.6 Å². The highest BCUT2D eigenvalue weighted by atomic mass is 16.3. The Hall–Kier alpha value is -2.40. The molecule has 1 aliphatic heterocycles. The summed E-state index contributed by atoms with van der Waals surface area (Å²) in [4.78, 5) is 5.65. The second-order valence-corrected chi connectivity index (χ2v) is 5.58. The lowest BCUT2D eigenvalue weighted by Crippen LogP contribution is -2.26. The maximum atomic E-state index is 9.98. The summed E-state index contributed by atoms with van der Waals surface area (Å²) in [5.41, 5.74) is 4.81. The summed E-state index contributed by atoms with van der Waals surface area (Å²) < 4.78 is 0. The molecule has 0 saturated heterocycles. The van der Waals surface area contributed by atoms with E-state index in [-0.39, 0.29) is 5.75 Å². The van der Waals surface area contributed by atoms with Gasteiger partial charge in [-0.05, 0) is 37.2 Å². The maximum Gasteiger partial charge on any atom is 0.160 e. The topological polar surface area (TPSA) is 65.0 Å². The lowest BCUT2D eigenvalue weighted by atomic mass is 10.0. The second kappa shape index (κ2) is 4.56. The molecule has 0 aliphatic carbocycles. The van der Waals surface area contributed by atoms with E-state index in [4.69, 9.17) is 0 Å². The monoisotopic (exact) mass is 280 g/mol. The fraction of sp³-hybridized carbons (Fsp3) is 0.250. The first-order valence-corrected chi connectivity index (χ1v) is 7.06. The molecule has 3 heterocycles. The highest BCUT2D eigenvalue weighted by Crippen LogP contribution is 2.31. The third kappa shape index (κ3) is 1.97. The molecule has 2 N–H and O–H groups in total. The molecule has 0 spiro atoms. The number of phenolic OH excluding ortho intramolecular Hbond substituents is 1. The van der Waals surface area contributed by atoms with Gasteiger partial charge in [-0.15, -0.1) is 10.2 Å². The molecule has 21 heavy (non-hydrogen) atoms. The van der Waals surface area contributed by atoms with E-state index >= 15 is 0 Å². The van der Waals surface area contributed by atoms with E-state index in [0.717, 1.165) is 36.1 Å². The van der Waals surface area contributed by atoms with Crippen LogP contribution in [0.25, 0.3) is 22.3 Å². The van der Waals surface area contributed by atoms with E-state index in [1.165, 1.54) is 11.3 Å². The second-order valence-electron chi connectivity index (χ2n) is 5.58. The van der Waals surface area contributed by atoms with Crippen LogP contribution in [0, 0.1) is 0 Å². The van der Waals surface area contributed by atoms with Crippen molar-refractivity contribution in [3.8, 4) is 17.0 Å². The Morgan fingerprint density at radius 1 is 1.24 bits per heavy atom. The van der Waals surface area contributed by atoms with Gasteiger partial charge in [0.25, 0.3) is 0 Å². The molecule has 1 aromatic carbocycles. The molecule has 5 nitrogen and oxygen atoms in total. The number of hydrogen-bond acceptors (Lipinski definition) is 4. The Morgan fingerprint density at radius 2 is 2.10 bits per heavy atom. The molecule has 0 radical (unpaired) electrons. The minimum absolute atomic E-state index is 0.232. The number of rotatable bonds is 1. The maximum absolute atomic E-state index is 9.98. The number of H-pyrrole nitrogens is 1. The van der Waals surface area contributed by atoms with Gasteiger partial charge in [0.1, 0.15) is 5.75 Å². The van der Waals surface area contributed by atoms with Crippen molar-refractivity contribution in [3.63, 3.8) is 0 Å². The third-order valence-corrected chi connectivity index (χ3v) is 4.10. The zero-order valence-electron chi connectivity index (χ0n) is 11.8. The summed E-state index contributed by atoms with van der Waals surface area (Å²) in [6.45, 7) is 1.96. The molecule has 5 heteroatoms. The molecule has 3 aromatic rings. The first kappa shape index (κ1) is 12.3. The fourth-order valence-corrected chi connectivity index (χ4v) is 2.99. The number of benzene rings is 1. The average molecular weight is 280 g/mol. The Morgan fingerprint density at radius 3 is 2.95 bits per heavy atom. The standard InChI is InChI=1S/C16H16N4O/c1-20-7-6-10-12-8-13(11-4-2-3-5-15(11)21)18-19-16(12)17-14(10)9-20/h2-5,8,21H,6-7,9H2,1H3,(H,17,19). The number of fused-ring (bicyclic) bond motifs is 3. The van der Waals surface area contributed by atoms with Gasteiger partial charge >= 0.3 is 0 Å². The Labute approximate surface area is 122 Å². The molecule has 0 atom stereocenters. The number of nitrogens with zero attached hydrogens (tertiary/aromatic N) is 3. The number of aromatic hydroxyl groups is 1. The summed E-state index contributed by atoms with van der Waals surface area (Å²) in [7, 11) is 2.12. The zero-order chi connectivity index (χ0) is 14.4. The molecule has 4 rings (SSSR count). The van der Waals surface area contributed by atoms with E-state index in [9.17, 15) is 5.11 Å². The molecule has 0 saturated carbocycles. The van der Waals surface area contributed by atoms with E-state index in [1.54, 1.807) is 12.1 Å². The largest absolute Gasteiger partial charge is 0.507 e. The van der Waals surface area contributed by atoms with Crippen LogP contribution in [0.5, 0.6) is 5.75 Å². The van der Waals surface area contributed by atoms with Gasteiger partial charge in [0, 0.05) is 29.7 Å². The molecule has 106 valence electrons. The van der Waals surface area contributed by atoms with E-state index in [0.29, 0.717) is 5.69 Å². The van der Waals surface area contributed by atoms with Gasteiger partial charge in [-0.25, -0.2) is 0 Å². The number of aromatic nitrogens is 3. The SMILES string of the molecule is CN1CCc2c([nH]c3nnc(-c4ccccc4O)cc23)C1. The predicted molar refractivity (Wildman–Crippen MR) is 81.0 cm³/mol. The summed E-state index contributed by atoms with van der Waals surface area (Å²) >= 11 is 0. The predicted octanol–water partition coefficient (Wildman–Crippen LogP) is 2.32. The van der Waals surface area contributed by atoms with Crippen LogP contribution >= 0.6 is 0 Å². The van der Waals surface area contributed by atoms with Crippen LogP contribution in [0.2, 0.25) is 0 Å². The molecule has 1 aliphatic rings. The van der Waals surface area contributed by atoms with Crippen LogP contribution in [-0.4, -0.2) is 38.8 Å². The minimum atomic E-state index is 0.232. The molecular weight excluding hydrogens is 264 g/mol. The minimum Gasteiger partial charge on any atom is -0.507 e. The van der Waals surface area contributed by atoms with E-state index in [2.05, 4.69) is 27.1 Å². The first-order valence-electron chi connectivity index (χ1n) is 7.06. The van der Waals surface area contributed by atoms with Crippen LogP contribution in [0.4, 0.5) is 0 Å². The summed E-state index contributed by atoms with van der Waals surface area (Å²) in [5.74, 6) is 0.232. The molecule has 0 bridgehead atoms. The van der Waals surface area contributed by atoms with Crippen LogP contribution in [0.1, 0.15) is 11.3 Å². The van der Waals surface area contributed by atoms with Crippen molar-refractivity contribution >= 4 is 11.0 Å². The van der Waals surface area contributed by atoms with Gasteiger partial charge in [0.05, 0.1) is 5.69 Å². The fourth-order valence-electron chi connectivity index (χ4n) is 2.99. The Kier molecular flexibility index (Phi) is 2.68. The van der Waals surface area contributed by atoms with Crippen molar-refractivity contribution in [2.75, 3.05) is 13.6 Å². The number of para-hydroxylation sites is 1.